The monoisotopic (exact) mass is 1060 g/mol. The molecule has 0 radical (unpaired) electrons. The molecule has 0 aliphatic heterocycles. The molecule has 3 nitrogen and oxygen atoms in total. The van der Waals surface area contributed by atoms with Crippen molar-refractivity contribution >= 4 is 72.7 Å². The molecule has 12 aromatic rings. The van der Waals surface area contributed by atoms with Crippen LogP contribution in [0.4, 0.5) is 51.2 Å². The predicted octanol–water partition coefficient (Wildman–Crippen LogP) is 21.9. The van der Waals surface area contributed by atoms with Crippen LogP contribution < -0.4 is 14.7 Å². The number of rotatable bonds is 9. The number of hydrogen-bond donors (Lipinski definition) is 0. The molecule has 396 valence electrons. The molecule has 0 aromatic heterocycles. The minimum absolute atomic E-state index is 0.248. The summed E-state index contributed by atoms with van der Waals surface area (Å²) in [6.45, 7) is 19.0. The van der Waals surface area contributed by atoms with Crippen molar-refractivity contribution in [2.45, 2.75) is 71.6 Å². The maximum atomic E-state index is 2.60. The van der Waals surface area contributed by atoms with Crippen molar-refractivity contribution in [2.24, 2.45) is 0 Å². The van der Waals surface area contributed by atoms with Gasteiger partial charge in [-0.25, -0.2) is 0 Å². The van der Waals surface area contributed by atoms with Crippen LogP contribution in [0.3, 0.4) is 0 Å². The van der Waals surface area contributed by atoms with E-state index < -0.39 is 0 Å². The maximum Gasteiger partial charge on any atom is 0.0543 e. The van der Waals surface area contributed by atoms with Crippen LogP contribution in [0, 0.1) is 13.8 Å². The van der Waals surface area contributed by atoms with E-state index in [-0.39, 0.29) is 16.2 Å². The normalized spacial score (nSPS) is 14.4. The Balaban J connectivity index is 0.858. The largest absolute Gasteiger partial charge is 0.311 e. The molecule has 0 N–H and O–H groups in total. The molecule has 3 aliphatic rings. The van der Waals surface area contributed by atoms with Gasteiger partial charge in [0.2, 0.25) is 0 Å². The topological polar surface area (TPSA) is 9.72 Å². The summed E-state index contributed by atoms with van der Waals surface area (Å²) in [6.07, 6.45) is 0. The molecular formula is C79H65N3. The minimum atomic E-state index is -0.300. The van der Waals surface area contributed by atoms with Crippen LogP contribution in [0.15, 0.2) is 249 Å². The molecule has 12 aromatic carbocycles. The van der Waals surface area contributed by atoms with Crippen LogP contribution in [0.1, 0.15) is 86.1 Å². The second-order valence-corrected chi connectivity index (χ2v) is 24.7. The summed E-state index contributed by atoms with van der Waals surface area (Å²) in [4.78, 5) is 7.27. The molecule has 0 fully saturated rings. The summed E-state index contributed by atoms with van der Waals surface area (Å²) >= 11 is 0. The third-order valence-electron chi connectivity index (χ3n) is 18.7. The Morgan fingerprint density at radius 3 is 0.841 bits per heavy atom. The van der Waals surface area contributed by atoms with E-state index in [1.54, 1.807) is 0 Å². The highest BCUT2D eigenvalue weighted by atomic mass is 15.2. The number of nitrogens with zero attached hydrogens (tertiary/aromatic N) is 3. The van der Waals surface area contributed by atoms with E-state index in [1.807, 2.05) is 0 Å². The molecule has 82 heavy (non-hydrogen) atoms. The fraction of sp³-hybridized carbons (Fsp3) is 0.139. The maximum absolute atomic E-state index is 2.60. The van der Waals surface area contributed by atoms with Gasteiger partial charge in [-0.05, 0) is 213 Å². The third-order valence-corrected chi connectivity index (χ3v) is 18.7. The van der Waals surface area contributed by atoms with Crippen molar-refractivity contribution in [1.82, 2.24) is 0 Å². The molecule has 0 saturated carbocycles. The van der Waals surface area contributed by atoms with Crippen molar-refractivity contribution in [2.75, 3.05) is 14.7 Å². The SMILES string of the molecule is Cc1ccc(N(c2ccc(C)cc2)c2ccc(N(c3ccccc3)c3cc4c(c5ccccc35)-c3cc5c(cc3C4(C)C)-c3cc4c(cc3C5(C)C)-c3c(cc(N(c5ccccc5)c5ccccc5)c5ccccc35)C4(C)C)cc2)cc1. The van der Waals surface area contributed by atoms with Crippen molar-refractivity contribution in [1.29, 1.82) is 0 Å². The van der Waals surface area contributed by atoms with Crippen LogP contribution in [-0.2, 0) is 16.2 Å². The molecule has 3 aliphatic carbocycles. The standard InChI is InChI=1S/C79H65N3/c1-50-32-36-55(37-33-50)80(56-38-34-51(2)35-39-56)57-40-42-58(43-41-57)82(54-26-16-11-17-27-54)74-49-72-76(62-31-21-19-29-60(62)74)66-47-68-64(45-70(66)79(72,7)8)63-44-69-65(46-67(63)77(68,3)4)75-61-30-20-18-28-59(61)73(48-71(75)78(69,5)6)81(52-22-12-9-13-23-52)53-24-14-10-15-25-53/h9-49H,1-8H3. The van der Waals surface area contributed by atoms with Gasteiger partial charge in [-0.15, -0.1) is 0 Å². The van der Waals surface area contributed by atoms with E-state index in [4.69, 9.17) is 0 Å². The number of hydrogen-bond acceptors (Lipinski definition) is 3. The van der Waals surface area contributed by atoms with Gasteiger partial charge >= 0.3 is 0 Å². The number of benzene rings is 12. The van der Waals surface area contributed by atoms with Gasteiger partial charge in [0.15, 0.2) is 0 Å². The first-order valence-corrected chi connectivity index (χ1v) is 29.1. The van der Waals surface area contributed by atoms with E-state index in [0.717, 1.165) is 39.8 Å². The highest BCUT2D eigenvalue weighted by molar-refractivity contribution is 6.12. The van der Waals surface area contributed by atoms with Gasteiger partial charge in [0.05, 0.1) is 11.4 Å². The van der Waals surface area contributed by atoms with Crippen LogP contribution in [-0.4, -0.2) is 0 Å². The van der Waals surface area contributed by atoms with Crippen molar-refractivity contribution in [3.8, 4) is 33.4 Å². The van der Waals surface area contributed by atoms with Gasteiger partial charge in [-0.1, -0.05) is 180 Å². The Bertz CT molecular complexity index is 4430. The third kappa shape index (κ3) is 7.42. The summed E-state index contributed by atoms with van der Waals surface area (Å²) in [7, 11) is 0. The lowest BCUT2D eigenvalue weighted by atomic mass is 9.78. The smallest absolute Gasteiger partial charge is 0.0543 e. The second-order valence-electron chi connectivity index (χ2n) is 24.7. The van der Waals surface area contributed by atoms with Gasteiger partial charge in [0.25, 0.3) is 0 Å². The molecule has 0 unspecified atom stereocenters. The van der Waals surface area contributed by atoms with Gasteiger partial charge in [0, 0.05) is 66.8 Å². The Morgan fingerprint density at radius 1 is 0.232 bits per heavy atom. The summed E-state index contributed by atoms with van der Waals surface area (Å²) in [5.74, 6) is 0. The summed E-state index contributed by atoms with van der Waals surface area (Å²) < 4.78 is 0. The van der Waals surface area contributed by atoms with E-state index in [2.05, 4.69) is 319 Å². The molecule has 0 heterocycles. The van der Waals surface area contributed by atoms with Gasteiger partial charge in [-0.2, -0.15) is 0 Å². The highest BCUT2D eigenvalue weighted by Gasteiger charge is 2.46. The molecule has 0 amide bonds. The molecule has 0 spiro atoms. The Morgan fingerprint density at radius 2 is 0.488 bits per heavy atom. The molecule has 0 atom stereocenters. The van der Waals surface area contributed by atoms with E-state index in [1.165, 1.54) is 111 Å². The van der Waals surface area contributed by atoms with Crippen LogP contribution in [0.25, 0.3) is 54.9 Å². The lowest BCUT2D eigenvalue weighted by molar-refractivity contribution is 0.649. The van der Waals surface area contributed by atoms with E-state index >= 15 is 0 Å². The first-order valence-electron chi connectivity index (χ1n) is 29.1. The highest BCUT2D eigenvalue weighted by Crippen LogP contribution is 2.62. The molecule has 15 rings (SSSR count). The van der Waals surface area contributed by atoms with E-state index in [0.29, 0.717) is 0 Å². The summed E-state index contributed by atoms with van der Waals surface area (Å²) in [5.41, 5.74) is 28.4. The Hall–Kier alpha value is -9.44. The summed E-state index contributed by atoms with van der Waals surface area (Å²) in [6, 6.07) is 93.1. The van der Waals surface area contributed by atoms with Gasteiger partial charge < -0.3 is 14.7 Å². The first kappa shape index (κ1) is 49.6. The Kier molecular flexibility index (Phi) is 11.1. The first-order chi connectivity index (χ1) is 39.8. The fourth-order valence-corrected chi connectivity index (χ4v) is 14.4. The van der Waals surface area contributed by atoms with Crippen molar-refractivity contribution < 1.29 is 0 Å². The number of anilines is 9. The zero-order valence-corrected chi connectivity index (χ0v) is 48.0. The predicted molar refractivity (Wildman–Crippen MR) is 348 cm³/mol. The lowest BCUT2D eigenvalue weighted by Gasteiger charge is -2.31. The molecule has 0 saturated heterocycles. The zero-order chi connectivity index (χ0) is 55.8. The average Bonchev–Trinajstić information content (AvgIpc) is 1.87. The van der Waals surface area contributed by atoms with Crippen molar-refractivity contribution in [3.63, 3.8) is 0 Å². The number of para-hydroxylation sites is 3. The fourth-order valence-electron chi connectivity index (χ4n) is 14.4. The quantitative estimate of drug-likeness (QED) is 0.143. The minimum Gasteiger partial charge on any atom is -0.311 e. The van der Waals surface area contributed by atoms with Crippen molar-refractivity contribution in [3.05, 3.63) is 293 Å². The van der Waals surface area contributed by atoms with Crippen LogP contribution in [0.2, 0.25) is 0 Å². The molecule has 3 heteroatoms. The van der Waals surface area contributed by atoms with Crippen LogP contribution in [0.5, 0.6) is 0 Å². The molecule has 0 bridgehead atoms. The van der Waals surface area contributed by atoms with Gasteiger partial charge in [0.1, 0.15) is 0 Å². The average molecular weight is 1060 g/mol. The Labute approximate surface area is 483 Å². The summed E-state index contributed by atoms with van der Waals surface area (Å²) in [5, 5.41) is 5.04. The number of aryl methyl sites for hydroxylation is 2. The van der Waals surface area contributed by atoms with Crippen LogP contribution >= 0.6 is 0 Å². The van der Waals surface area contributed by atoms with Gasteiger partial charge in [-0.3, -0.25) is 0 Å². The number of fused-ring (bicyclic) bond motifs is 13. The van der Waals surface area contributed by atoms with E-state index in [9.17, 15) is 0 Å². The zero-order valence-electron chi connectivity index (χ0n) is 48.0. The lowest BCUT2D eigenvalue weighted by Crippen LogP contribution is -2.18. The second kappa shape index (κ2) is 18.3. The molecular weight excluding hydrogens is 991 g/mol.